The Labute approximate surface area is 177 Å². The van der Waals surface area contributed by atoms with E-state index in [0.717, 1.165) is 44.7 Å². The first kappa shape index (κ1) is 22.9. The molecule has 1 saturated heterocycles. The number of nitrogens with one attached hydrogen (secondary N) is 3. The fraction of sp³-hybridized carbons (Fsp3) is 0.429. The average Bonchev–Trinajstić information content (AvgIpc) is 3.27. The van der Waals surface area contributed by atoms with E-state index in [9.17, 15) is 9.59 Å². The van der Waals surface area contributed by atoms with Crippen molar-refractivity contribution in [2.24, 2.45) is 0 Å². The van der Waals surface area contributed by atoms with Gasteiger partial charge in [0.05, 0.1) is 6.26 Å². The topological polar surface area (TPSA) is 86.6 Å². The van der Waals surface area contributed by atoms with E-state index in [1.165, 1.54) is 6.26 Å². The highest BCUT2D eigenvalue weighted by Crippen LogP contribution is 2.06. The SMILES string of the molecule is Cl.O=C(NC(Cc1ccccc1)C(=O)NCCCN1CCNCC1)c1ccco1. The smallest absolute Gasteiger partial charge is 0.287 e. The minimum atomic E-state index is -0.654. The van der Waals surface area contributed by atoms with Crippen molar-refractivity contribution in [3.63, 3.8) is 0 Å². The summed E-state index contributed by atoms with van der Waals surface area (Å²) in [5.41, 5.74) is 0.989. The first-order chi connectivity index (χ1) is 13.7. The molecule has 1 aromatic heterocycles. The van der Waals surface area contributed by atoms with E-state index in [2.05, 4.69) is 20.9 Å². The largest absolute Gasteiger partial charge is 0.459 e. The summed E-state index contributed by atoms with van der Waals surface area (Å²) in [5, 5.41) is 9.09. The summed E-state index contributed by atoms with van der Waals surface area (Å²) in [4.78, 5) is 27.5. The van der Waals surface area contributed by atoms with Gasteiger partial charge in [-0.1, -0.05) is 30.3 Å². The molecule has 29 heavy (non-hydrogen) atoms. The van der Waals surface area contributed by atoms with E-state index in [1.807, 2.05) is 30.3 Å². The quantitative estimate of drug-likeness (QED) is 0.534. The minimum Gasteiger partial charge on any atom is -0.459 e. The molecule has 0 radical (unpaired) electrons. The molecular weight excluding hydrogens is 392 g/mol. The van der Waals surface area contributed by atoms with Crippen molar-refractivity contribution >= 4 is 24.2 Å². The van der Waals surface area contributed by atoms with Gasteiger partial charge in [-0.05, 0) is 30.7 Å². The second-order valence-electron chi connectivity index (χ2n) is 6.93. The van der Waals surface area contributed by atoms with Gasteiger partial charge in [0.1, 0.15) is 6.04 Å². The second-order valence-corrected chi connectivity index (χ2v) is 6.93. The maximum Gasteiger partial charge on any atom is 0.287 e. The standard InChI is InChI=1S/C21H28N4O3.ClH/c26-20(23-9-5-12-25-13-10-22-11-14-25)18(16-17-6-2-1-3-7-17)24-21(27)19-8-4-15-28-19;/h1-4,6-8,15,18,22H,5,9-14,16H2,(H,23,26)(H,24,27);1H. The number of rotatable bonds is 9. The van der Waals surface area contributed by atoms with Crippen molar-refractivity contribution in [1.29, 1.82) is 0 Å². The van der Waals surface area contributed by atoms with Gasteiger partial charge in [0, 0.05) is 39.1 Å². The van der Waals surface area contributed by atoms with Crippen LogP contribution in [0.1, 0.15) is 22.5 Å². The highest BCUT2D eigenvalue weighted by atomic mass is 35.5. The van der Waals surface area contributed by atoms with Gasteiger partial charge in [0.2, 0.25) is 5.91 Å². The van der Waals surface area contributed by atoms with Crippen LogP contribution in [0.5, 0.6) is 0 Å². The number of halogens is 1. The van der Waals surface area contributed by atoms with E-state index in [-0.39, 0.29) is 30.0 Å². The fourth-order valence-corrected chi connectivity index (χ4v) is 3.27. The van der Waals surface area contributed by atoms with Crippen molar-refractivity contribution in [3.05, 3.63) is 60.1 Å². The van der Waals surface area contributed by atoms with Crippen molar-refractivity contribution in [3.8, 4) is 0 Å². The number of hydrogen-bond acceptors (Lipinski definition) is 5. The monoisotopic (exact) mass is 420 g/mol. The van der Waals surface area contributed by atoms with Crippen molar-refractivity contribution < 1.29 is 14.0 Å². The van der Waals surface area contributed by atoms with Gasteiger partial charge in [0.25, 0.3) is 5.91 Å². The number of piperazine rings is 1. The van der Waals surface area contributed by atoms with E-state index in [0.29, 0.717) is 13.0 Å². The molecule has 0 aliphatic carbocycles. The molecule has 0 bridgehead atoms. The van der Waals surface area contributed by atoms with E-state index >= 15 is 0 Å². The van der Waals surface area contributed by atoms with Crippen LogP contribution < -0.4 is 16.0 Å². The molecule has 1 aliphatic rings. The Morgan fingerprint density at radius 1 is 1.10 bits per heavy atom. The first-order valence-corrected chi connectivity index (χ1v) is 9.81. The molecule has 0 saturated carbocycles. The third kappa shape index (κ3) is 7.53. The predicted molar refractivity (Wildman–Crippen MR) is 114 cm³/mol. The summed E-state index contributed by atoms with van der Waals surface area (Å²) in [6.45, 7) is 5.68. The molecule has 3 N–H and O–H groups in total. The lowest BCUT2D eigenvalue weighted by atomic mass is 10.0. The molecule has 1 unspecified atom stereocenters. The van der Waals surface area contributed by atoms with Crippen LogP contribution in [0.2, 0.25) is 0 Å². The van der Waals surface area contributed by atoms with Crippen LogP contribution in [0, 0.1) is 0 Å². The average molecular weight is 421 g/mol. The van der Waals surface area contributed by atoms with Crippen LogP contribution in [0.25, 0.3) is 0 Å². The number of hydrogen-bond donors (Lipinski definition) is 3. The molecule has 1 aliphatic heterocycles. The number of furan rings is 1. The number of carbonyl (C=O) groups is 2. The summed E-state index contributed by atoms with van der Waals surface area (Å²) in [6.07, 6.45) is 2.75. The number of benzene rings is 1. The molecule has 0 spiro atoms. The van der Waals surface area contributed by atoms with Gasteiger partial charge in [-0.15, -0.1) is 12.4 Å². The Morgan fingerprint density at radius 3 is 2.55 bits per heavy atom. The first-order valence-electron chi connectivity index (χ1n) is 9.81. The molecule has 2 amide bonds. The van der Waals surface area contributed by atoms with Gasteiger partial charge in [-0.3, -0.25) is 9.59 Å². The molecule has 158 valence electrons. The lowest BCUT2D eigenvalue weighted by Gasteiger charge is -2.27. The summed E-state index contributed by atoms with van der Waals surface area (Å²) in [6, 6.07) is 12.2. The Balaban J connectivity index is 0.00000300. The van der Waals surface area contributed by atoms with Gasteiger partial charge in [-0.25, -0.2) is 0 Å². The molecular formula is C21H29ClN4O3. The van der Waals surface area contributed by atoms with Crippen molar-refractivity contribution in [2.75, 3.05) is 39.3 Å². The molecule has 2 heterocycles. The van der Waals surface area contributed by atoms with Gasteiger partial charge >= 0.3 is 0 Å². The molecule has 1 aromatic carbocycles. The maximum absolute atomic E-state index is 12.7. The highest BCUT2D eigenvalue weighted by molar-refractivity contribution is 5.95. The van der Waals surface area contributed by atoms with Crippen molar-refractivity contribution in [1.82, 2.24) is 20.9 Å². The minimum absolute atomic E-state index is 0. The van der Waals surface area contributed by atoms with Crippen LogP contribution in [0.3, 0.4) is 0 Å². The van der Waals surface area contributed by atoms with Crippen LogP contribution in [-0.2, 0) is 11.2 Å². The molecule has 3 rings (SSSR count). The Hall–Kier alpha value is -2.35. The number of amides is 2. The molecule has 1 fully saturated rings. The van der Waals surface area contributed by atoms with E-state index in [1.54, 1.807) is 12.1 Å². The van der Waals surface area contributed by atoms with Crippen molar-refractivity contribution in [2.45, 2.75) is 18.9 Å². The van der Waals surface area contributed by atoms with Gasteiger partial charge in [0.15, 0.2) is 5.76 Å². The zero-order chi connectivity index (χ0) is 19.6. The number of carbonyl (C=O) groups excluding carboxylic acids is 2. The van der Waals surface area contributed by atoms with Crippen LogP contribution in [0.4, 0.5) is 0 Å². The normalized spacial score (nSPS) is 15.2. The third-order valence-corrected chi connectivity index (χ3v) is 4.81. The van der Waals surface area contributed by atoms with Gasteiger partial charge < -0.3 is 25.3 Å². The maximum atomic E-state index is 12.7. The molecule has 8 heteroatoms. The lowest BCUT2D eigenvalue weighted by Crippen LogP contribution is -2.48. The molecule has 2 aromatic rings. The second kappa shape index (κ2) is 12.3. The number of nitrogens with zero attached hydrogens (tertiary/aromatic N) is 1. The summed E-state index contributed by atoms with van der Waals surface area (Å²) in [7, 11) is 0. The molecule has 7 nitrogen and oxygen atoms in total. The third-order valence-electron chi connectivity index (χ3n) is 4.81. The van der Waals surface area contributed by atoms with Crippen LogP contribution >= 0.6 is 12.4 Å². The van der Waals surface area contributed by atoms with Crippen LogP contribution in [0.15, 0.2) is 53.1 Å². The van der Waals surface area contributed by atoms with Gasteiger partial charge in [-0.2, -0.15) is 0 Å². The van der Waals surface area contributed by atoms with E-state index in [4.69, 9.17) is 4.42 Å². The summed E-state index contributed by atoms with van der Waals surface area (Å²) >= 11 is 0. The molecule has 1 atom stereocenters. The summed E-state index contributed by atoms with van der Waals surface area (Å²) in [5.74, 6) is -0.365. The van der Waals surface area contributed by atoms with Crippen LogP contribution in [-0.4, -0.2) is 62.0 Å². The highest BCUT2D eigenvalue weighted by Gasteiger charge is 2.22. The summed E-state index contributed by atoms with van der Waals surface area (Å²) < 4.78 is 5.14. The Morgan fingerprint density at radius 2 is 1.86 bits per heavy atom. The lowest BCUT2D eigenvalue weighted by molar-refractivity contribution is -0.123. The van der Waals surface area contributed by atoms with E-state index < -0.39 is 6.04 Å². The Bertz CT molecular complexity index is 734. The fourth-order valence-electron chi connectivity index (χ4n) is 3.27. The zero-order valence-electron chi connectivity index (χ0n) is 16.4. The predicted octanol–water partition coefficient (Wildman–Crippen LogP) is 1.45. The zero-order valence-corrected chi connectivity index (χ0v) is 17.2. The Kier molecular flexibility index (Phi) is 9.70.